The Hall–Kier alpha value is -2.00. The van der Waals surface area contributed by atoms with E-state index in [2.05, 4.69) is 5.32 Å². The van der Waals surface area contributed by atoms with E-state index in [1.54, 1.807) is 18.2 Å². The number of halogens is 1. The molecule has 0 atom stereocenters. The van der Waals surface area contributed by atoms with Crippen LogP contribution in [0.15, 0.2) is 48.5 Å². The summed E-state index contributed by atoms with van der Waals surface area (Å²) in [6.45, 7) is 0.810. The van der Waals surface area contributed by atoms with Gasteiger partial charge in [-0.05, 0) is 37.2 Å². The van der Waals surface area contributed by atoms with Crippen LogP contribution in [0, 0.1) is 5.82 Å². The molecule has 1 N–H and O–H groups in total. The van der Waals surface area contributed by atoms with Crippen LogP contribution >= 0.6 is 0 Å². The molecule has 0 radical (unpaired) electrons. The van der Waals surface area contributed by atoms with Crippen molar-refractivity contribution in [2.45, 2.75) is 12.8 Å². The fourth-order valence-corrected chi connectivity index (χ4v) is 2.18. The Morgan fingerprint density at radius 1 is 1.05 bits per heavy atom. The Bertz CT molecular complexity index is 595. The second-order valence-corrected chi connectivity index (χ2v) is 4.70. The van der Waals surface area contributed by atoms with Gasteiger partial charge in [-0.25, -0.2) is 4.39 Å². The number of nitrogens with one attached hydrogen (secondary N) is 1. The Kier molecular flexibility index (Phi) is 5.02. The summed E-state index contributed by atoms with van der Waals surface area (Å²) in [6.07, 6.45) is 0.888. The highest BCUT2D eigenvalue weighted by Crippen LogP contribution is 2.15. The molecule has 2 nitrogen and oxygen atoms in total. The molecular weight excluding hydrogens is 253 g/mol. The van der Waals surface area contributed by atoms with Gasteiger partial charge < -0.3 is 5.32 Å². The molecule has 20 heavy (non-hydrogen) atoms. The lowest BCUT2D eigenvalue weighted by atomic mass is 9.96. The second kappa shape index (κ2) is 6.96. The van der Waals surface area contributed by atoms with Crippen molar-refractivity contribution in [3.05, 3.63) is 71.0 Å². The smallest absolute Gasteiger partial charge is 0.167 e. The molecule has 0 unspecified atom stereocenters. The van der Waals surface area contributed by atoms with Gasteiger partial charge in [-0.2, -0.15) is 0 Å². The van der Waals surface area contributed by atoms with Crippen LogP contribution in [-0.4, -0.2) is 19.4 Å². The van der Waals surface area contributed by atoms with Crippen LogP contribution in [0.1, 0.15) is 21.5 Å². The Balaban J connectivity index is 2.19. The molecular formula is C17H18FNO. The van der Waals surface area contributed by atoms with E-state index in [1.807, 2.05) is 31.3 Å². The van der Waals surface area contributed by atoms with E-state index in [4.69, 9.17) is 0 Å². The van der Waals surface area contributed by atoms with Crippen LogP contribution in [0.25, 0.3) is 0 Å². The summed E-state index contributed by atoms with van der Waals surface area (Å²) in [5, 5.41) is 3.07. The number of rotatable bonds is 6. The Morgan fingerprint density at radius 2 is 1.70 bits per heavy atom. The molecule has 0 amide bonds. The first-order valence-electron chi connectivity index (χ1n) is 6.71. The fraction of sp³-hybridized carbons (Fsp3) is 0.235. The van der Waals surface area contributed by atoms with Crippen molar-refractivity contribution in [2.75, 3.05) is 13.6 Å². The first-order valence-corrected chi connectivity index (χ1v) is 6.71. The standard InChI is InChI=1S/C17H18FNO/c1-19-11-10-13-6-2-4-8-15(13)17(20)12-14-7-3-5-9-16(14)18/h2-9,19H,10-12H2,1H3. The lowest BCUT2D eigenvalue weighted by molar-refractivity contribution is 0.0991. The van der Waals surface area contributed by atoms with Crippen molar-refractivity contribution in [1.29, 1.82) is 0 Å². The molecule has 0 heterocycles. The topological polar surface area (TPSA) is 29.1 Å². The molecule has 0 fully saturated rings. The average Bonchev–Trinajstić information content (AvgIpc) is 2.47. The average molecular weight is 271 g/mol. The van der Waals surface area contributed by atoms with Crippen molar-refractivity contribution >= 4 is 5.78 Å². The minimum absolute atomic E-state index is 0.0400. The summed E-state index contributed by atoms with van der Waals surface area (Å²) >= 11 is 0. The first kappa shape index (κ1) is 14.4. The number of likely N-dealkylation sites (N-methyl/N-ethyl adjacent to an activating group) is 1. The van der Waals surface area contributed by atoms with Crippen LogP contribution in [-0.2, 0) is 12.8 Å². The summed E-state index contributed by atoms with van der Waals surface area (Å²) in [4.78, 5) is 12.4. The van der Waals surface area contributed by atoms with Gasteiger partial charge in [-0.15, -0.1) is 0 Å². The summed E-state index contributed by atoms with van der Waals surface area (Å²) in [7, 11) is 1.88. The lowest BCUT2D eigenvalue weighted by Crippen LogP contribution is -2.14. The highest BCUT2D eigenvalue weighted by atomic mass is 19.1. The lowest BCUT2D eigenvalue weighted by Gasteiger charge is -2.09. The Labute approximate surface area is 118 Å². The van der Waals surface area contributed by atoms with Crippen LogP contribution < -0.4 is 5.32 Å². The molecule has 0 aliphatic rings. The highest BCUT2D eigenvalue weighted by Gasteiger charge is 2.13. The maximum Gasteiger partial charge on any atom is 0.167 e. The fourth-order valence-electron chi connectivity index (χ4n) is 2.18. The molecule has 0 saturated heterocycles. The van der Waals surface area contributed by atoms with Crippen molar-refractivity contribution in [1.82, 2.24) is 5.32 Å². The molecule has 2 aromatic carbocycles. The number of benzene rings is 2. The molecule has 0 saturated carbocycles. The van der Waals surface area contributed by atoms with E-state index < -0.39 is 0 Å². The number of hydrogen-bond donors (Lipinski definition) is 1. The van der Waals surface area contributed by atoms with E-state index in [9.17, 15) is 9.18 Å². The monoisotopic (exact) mass is 271 g/mol. The minimum Gasteiger partial charge on any atom is -0.319 e. The van der Waals surface area contributed by atoms with Crippen molar-refractivity contribution in [3.8, 4) is 0 Å². The van der Waals surface area contributed by atoms with Crippen molar-refractivity contribution in [2.24, 2.45) is 0 Å². The molecule has 0 aliphatic carbocycles. The van der Waals surface area contributed by atoms with Crippen LogP contribution in [0.4, 0.5) is 4.39 Å². The number of carbonyl (C=O) groups excluding carboxylic acids is 1. The molecule has 104 valence electrons. The van der Waals surface area contributed by atoms with E-state index in [-0.39, 0.29) is 18.0 Å². The van der Waals surface area contributed by atoms with Gasteiger partial charge in [0.05, 0.1) is 0 Å². The zero-order chi connectivity index (χ0) is 14.4. The summed E-state index contributed by atoms with van der Waals surface area (Å²) in [5.74, 6) is -0.365. The summed E-state index contributed by atoms with van der Waals surface area (Å²) < 4.78 is 13.6. The third-order valence-corrected chi connectivity index (χ3v) is 3.27. The summed E-state index contributed by atoms with van der Waals surface area (Å²) in [6, 6.07) is 13.9. The zero-order valence-corrected chi connectivity index (χ0v) is 11.5. The predicted molar refractivity (Wildman–Crippen MR) is 78.5 cm³/mol. The van der Waals surface area contributed by atoms with Gasteiger partial charge in [0.25, 0.3) is 0 Å². The van der Waals surface area contributed by atoms with Crippen molar-refractivity contribution in [3.63, 3.8) is 0 Å². The van der Waals surface area contributed by atoms with E-state index in [0.29, 0.717) is 11.1 Å². The minimum atomic E-state index is -0.325. The second-order valence-electron chi connectivity index (χ2n) is 4.70. The molecule has 0 aromatic heterocycles. The van der Waals surface area contributed by atoms with Crippen molar-refractivity contribution < 1.29 is 9.18 Å². The SMILES string of the molecule is CNCCc1ccccc1C(=O)Cc1ccccc1F. The molecule has 2 aromatic rings. The molecule has 0 aliphatic heterocycles. The largest absolute Gasteiger partial charge is 0.319 e. The van der Waals surface area contributed by atoms with Gasteiger partial charge in [-0.1, -0.05) is 42.5 Å². The molecule has 2 rings (SSSR count). The van der Waals surface area contributed by atoms with Crippen LogP contribution in [0.3, 0.4) is 0 Å². The van der Waals surface area contributed by atoms with Gasteiger partial charge in [0.15, 0.2) is 5.78 Å². The van der Waals surface area contributed by atoms with E-state index in [1.165, 1.54) is 6.07 Å². The first-order chi connectivity index (χ1) is 9.72. The van der Waals surface area contributed by atoms with Gasteiger partial charge in [0, 0.05) is 12.0 Å². The van der Waals surface area contributed by atoms with Gasteiger partial charge >= 0.3 is 0 Å². The maximum atomic E-state index is 13.6. The predicted octanol–water partition coefficient (Wildman–Crippen LogP) is 3.01. The Morgan fingerprint density at radius 3 is 2.40 bits per heavy atom. The van der Waals surface area contributed by atoms with Gasteiger partial charge in [0.2, 0.25) is 0 Å². The van der Waals surface area contributed by atoms with Gasteiger partial charge in [0.1, 0.15) is 5.82 Å². The third kappa shape index (κ3) is 3.52. The molecule has 0 spiro atoms. The van der Waals surface area contributed by atoms with Crippen LogP contribution in [0.2, 0.25) is 0 Å². The van der Waals surface area contributed by atoms with E-state index >= 15 is 0 Å². The highest BCUT2D eigenvalue weighted by molar-refractivity contribution is 5.98. The number of Topliss-reactive ketones (excluding diaryl/α,β-unsaturated/α-hetero) is 1. The quantitative estimate of drug-likeness (QED) is 0.818. The number of carbonyl (C=O) groups is 1. The van der Waals surface area contributed by atoms with Gasteiger partial charge in [-0.3, -0.25) is 4.79 Å². The van der Waals surface area contributed by atoms with Crippen LogP contribution in [0.5, 0.6) is 0 Å². The molecule has 3 heteroatoms. The van der Waals surface area contributed by atoms with E-state index in [0.717, 1.165) is 18.5 Å². The number of hydrogen-bond acceptors (Lipinski definition) is 2. The maximum absolute atomic E-state index is 13.6. The normalized spacial score (nSPS) is 10.5. The summed E-state index contributed by atoms with van der Waals surface area (Å²) in [5.41, 5.74) is 2.13. The third-order valence-electron chi connectivity index (χ3n) is 3.27. The zero-order valence-electron chi connectivity index (χ0n) is 11.5. The molecule has 0 bridgehead atoms. The number of ketones is 1.